The Morgan fingerprint density at radius 2 is 2.00 bits per heavy atom. The van der Waals surface area contributed by atoms with Crippen LogP contribution < -0.4 is 10.2 Å². The van der Waals surface area contributed by atoms with Crippen molar-refractivity contribution in [3.8, 4) is 17.1 Å². The molecule has 0 atom stereocenters. The largest absolute Gasteiger partial charge is 0.477 e. The summed E-state index contributed by atoms with van der Waals surface area (Å²) in [4.78, 5) is 22.4. The van der Waals surface area contributed by atoms with Crippen molar-refractivity contribution in [1.29, 1.82) is 0 Å². The molecule has 3 aromatic rings. The van der Waals surface area contributed by atoms with E-state index in [2.05, 4.69) is 10.5 Å². The minimum absolute atomic E-state index is 0.00188. The molecular weight excluding hydrogens is 433 g/mol. The van der Waals surface area contributed by atoms with Gasteiger partial charge in [-0.2, -0.15) is 5.10 Å². The molecule has 154 valence electrons. The Kier molecular flexibility index (Phi) is 6.71. The number of nitro benzene ring substituents is 1. The second kappa shape index (κ2) is 9.43. The Labute approximate surface area is 181 Å². The van der Waals surface area contributed by atoms with Gasteiger partial charge in [0.15, 0.2) is 12.4 Å². The van der Waals surface area contributed by atoms with Crippen LogP contribution in [0.2, 0.25) is 10.0 Å². The van der Waals surface area contributed by atoms with Gasteiger partial charge < -0.3 is 9.15 Å². The lowest BCUT2D eigenvalue weighted by molar-refractivity contribution is -0.385. The molecule has 3 rings (SSSR count). The second-order valence-corrected chi connectivity index (χ2v) is 6.96. The van der Waals surface area contributed by atoms with E-state index in [1.54, 1.807) is 43.3 Å². The number of furan rings is 1. The van der Waals surface area contributed by atoms with E-state index in [0.717, 1.165) is 5.56 Å². The van der Waals surface area contributed by atoms with Gasteiger partial charge in [0, 0.05) is 11.6 Å². The molecule has 0 spiro atoms. The van der Waals surface area contributed by atoms with Crippen LogP contribution in [0.15, 0.2) is 58.0 Å². The Hall–Kier alpha value is -3.36. The first-order valence-corrected chi connectivity index (χ1v) is 9.34. The molecule has 0 unspecified atom stereocenters. The van der Waals surface area contributed by atoms with Crippen molar-refractivity contribution >= 4 is 41.0 Å². The van der Waals surface area contributed by atoms with Crippen LogP contribution in [0.3, 0.4) is 0 Å². The summed E-state index contributed by atoms with van der Waals surface area (Å²) in [5.74, 6) is 0.363. The van der Waals surface area contributed by atoms with Crippen LogP contribution in [-0.4, -0.2) is 23.7 Å². The van der Waals surface area contributed by atoms with Crippen LogP contribution in [0.1, 0.15) is 11.3 Å². The number of nitro groups is 1. The topological polar surface area (TPSA) is 107 Å². The maximum Gasteiger partial charge on any atom is 0.311 e. The first-order chi connectivity index (χ1) is 14.3. The fraction of sp³-hybridized carbons (Fsp3) is 0.100. The summed E-state index contributed by atoms with van der Waals surface area (Å²) < 4.78 is 10.8. The van der Waals surface area contributed by atoms with Crippen molar-refractivity contribution in [3.05, 3.63) is 80.0 Å². The highest BCUT2D eigenvalue weighted by Crippen LogP contribution is 2.29. The minimum Gasteiger partial charge on any atom is -0.477 e. The molecule has 8 nitrogen and oxygen atoms in total. The van der Waals surface area contributed by atoms with E-state index in [9.17, 15) is 14.9 Å². The summed E-state index contributed by atoms with van der Waals surface area (Å²) in [7, 11) is 0. The van der Waals surface area contributed by atoms with Gasteiger partial charge in [-0.25, -0.2) is 5.43 Å². The highest BCUT2D eigenvalue weighted by molar-refractivity contribution is 6.42. The number of hydrogen-bond donors (Lipinski definition) is 1. The number of hydrazone groups is 1. The number of aryl methyl sites for hydroxylation is 1. The SMILES string of the molecule is Cc1ccc(OCC(=O)N/N=C\c2ccc(-c3ccc(Cl)c(Cl)c3)o2)c([N+](=O)[O-])c1. The molecule has 0 aliphatic heterocycles. The van der Waals surface area contributed by atoms with Crippen molar-refractivity contribution in [2.75, 3.05) is 6.61 Å². The Balaban J connectivity index is 1.56. The van der Waals surface area contributed by atoms with Gasteiger partial charge in [-0.1, -0.05) is 29.3 Å². The standard InChI is InChI=1S/C20H15Cl2N3O5/c1-12-2-6-19(17(8-12)25(27)28)29-11-20(26)24-23-10-14-4-7-18(30-14)13-3-5-15(21)16(22)9-13/h2-10H,11H2,1H3,(H,24,26)/b23-10-. The van der Waals surface area contributed by atoms with Gasteiger partial charge in [0.2, 0.25) is 0 Å². The number of amides is 1. The zero-order valence-corrected chi connectivity index (χ0v) is 17.1. The van der Waals surface area contributed by atoms with Gasteiger partial charge in [-0.05, 0) is 48.9 Å². The molecule has 2 aromatic carbocycles. The number of ether oxygens (including phenoxy) is 1. The average molecular weight is 448 g/mol. The number of nitrogens with zero attached hydrogens (tertiary/aromatic N) is 2. The van der Waals surface area contributed by atoms with E-state index in [1.807, 2.05) is 0 Å². The number of carbonyl (C=O) groups is 1. The molecule has 0 aliphatic rings. The van der Waals surface area contributed by atoms with Crippen molar-refractivity contribution in [1.82, 2.24) is 5.43 Å². The summed E-state index contributed by atoms with van der Waals surface area (Å²) in [6.45, 7) is 1.29. The van der Waals surface area contributed by atoms with Gasteiger partial charge in [0.1, 0.15) is 11.5 Å². The molecular formula is C20H15Cl2N3O5. The number of rotatable bonds is 7. The first kappa shape index (κ1) is 21.4. The van der Waals surface area contributed by atoms with Crippen LogP contribution in [0, 0.1) is 17.0 Å². The normalized spacial score (nSPS) is 10.9. The van der Waals surface area contributed by atoms with E-state index in [0.29, 0.717) is 27.1 Å². The van der Waals surface area contributed by atoms with Crippen molar-refractivity contribution in [3.63, 3.8) is 0 Å². The summed E-state index contributed by atoms with van der Waals surface area (Å²) in [5.41, 5.74) is 3.50. The third-order valence-corrected chi connectivity index (χ3v) is 4.62. The lowest BCUT2D eigenvalue weighted by atomic mass is 10.2. The smallest absolute Gasteiger partial charge is 0.311 e. The molecule has 0 saturated carbocycles. The average Bonchev–Trinajstić information content (AvgIpc) is 3.18. The number of carbonyl (C=O) groups excluding carboxylic acids is 1. The Bertz CT molecular complexity index is 1130. The van der Waals surface area contributed by atoms with E-state index in [1.165, 1.54) is 18.3 Å². The summed E-state index contributed by atoms with van der Waals surface area (Å²) in [5, 5.41) is 15.7. The molecule has 0 radical (unpaired) electrons. The zero-order valence-electron chi connectivity index (χ0n) is 15.6. The lowest BCUT2D eigenvalue weighted by Crippen LogP contribution is -2.24. The quantitative estimate of drug-likeness (QED) is 0.311. The molecule has 1 amide bonds. The molecule has 1 heterocycles. The van der Waals surface area contributed by atoms with Gasteiger partial charge in [0.05, 0.1) is 21.2 Å². The summed E-state index contributed by atoms with van der Waals surface area (Å²) in [6, 6.07) is 13.0. The molecule has 0 aliphatic carbocycles. The molecule has 0 bridgehead atoms. The molecule has 1 N–H and O–H groups in total. The van der Waals surface area contributed by atoms with E-state index >= 15 is 0 Å². The van der Waals surface area contributed by atoms with Crippen LogP contribution in [0.25, 0.3) is 11.3 Å². The van der Waals surface area contributed by atoms with Crippen molar-refractivity contribution < 1.29 is 18.9 Å². The third kappa shape index (κ3) is 5.37. The Morgan fingerprint density at radius 1 is 1.20 bits per heavy atom. The van der Waals surface area contributed by atoms with Crippen molar-refractivity contribution in [2.24, 2.45) is 5.10 Å². The molecule has 1 aromatic heterocycles. The highest BCUT2D eigenvalue weighted by atomic mass is 35.5. The monoisotopic (exact) mass is 447 g/mol. The number of benzene rings is 2. The van der Waals surface area contributed by atoms with E-state index < -0.39 is 17.4 Å². The molecule has 30 heavy (non-hydrogen) atoms. The Morgan fingerprint density at radius 3 is 2.73 bits per heavy atom. The first-order valence-electron chi connectivity index (χ1n) is 8.58. The lowest BCUT2D eigenvalue weighted by Gasteiger charge is -2.06. The van der Waals surface area contributed by atoms with Crippen LogP contribution in [0.4, 0.5) is 5.69 Å². The third-order valence-electron chi connectivity index (χ3n) is 3.88. The number of hydrogen-bond acceptors (Lipinski definition) is 6. The van der Waals surface area contributed by atoms with E-state index in [4.69, 9.17) is 32.4 Å². The van der Waals surface area contributed by atoms with Gasteiger partial charge >= 0.3 is 5.69 Å². The maximum absolute atomic E-state index is 11.9. The molecule has 0 fully saturated rings. The molecule has 10 heteroatoms. The van der Waals surface area contributed by atoms with Crippen molar-refractivity contribution in [2.45, 2.75) is 6.92 Å². The molecule has 0 saturated heterocycles. The summed E-state index contributed by atoms with van der Waals surface area (Å²) in [6.07, 6.45) is 1.31. The number of halogens is 2. The van der Waals surface area contributed by atoms with Gasteiger partial charge in [-0.3, -0.25) is 14.9 Å². The van der Waals surface area contributed by atoms with E-state index in [-0.39, 0.29) is 11.4 Å². The fourth-order valence-corrected chi connectivity index (χ4v) is 2.76. The second-order valence-electron chi connectivity index (χ2n) is 6.14. The van der Waals surface area contributed by atoms with Crippen LogP contribution in [-0.2, 0) is 4.79 Å². The van der Waals surface area contributed by atoms with Gasteiger partial charge in [-0.15, -0.1) is 0 Å². The number of nitrogens with one attached hydrogen (secondary N) is 1. The zero-order chi connectivity index (χ0) is 21.7. The fourth-order valence-electron chi connectivity index (χ4n) is 2.46. The van der Waals surface area contributed by atoms with Crippen LogP contribution in [0.5, 0.6) is 5.75 Å². The highest BCUT2D eigenvalue weighted by Gasteiger charge is 2.16. The van der Waals surface area contributed by atoms with Gasteiger partial charge in [0.25, 0.3) is 5.91 Å². The minimum atomic E-state index is -0.586. The van der Waals surface area contributed by atoms with Crippen LogP contribution >= 0.6 is 23.2 Å². The predicted molar refractivity (Wildman–Crippen MR) is 113 cm³/mol. The maximum atomic E-state index is 11.9. The predicted octanol–water partition coefficient (Wildman–Crippen LogP) is 5.00. The summed E-state index contributed by atoms with van der Waals surface area (Å²) >= 11 is 11.9.